The van der Waals surface area contributed by atoms with E-state index in [9.17, 15) is 4.79 Å². The lowest BCUT2D eigenvalue weighted by atomic mass is 10.2. The molecule has 1 aromatic heterocycles. The third-order valence-electron chi connectivity index (χ3n) is 3.14. The zero-order chi connectivity index (χ0) is 15.9. The van der Waals surface area contributed by atoms with Crippen LogP contribution in [-0.2, 0) is 17.9 Å². The molecule has 0 saturated heterocycles. The molecule has 2 rings (SSSR count). The number of carbonyl (C=O) groups is 1. The molecule has 6 heteroatoms. The van der Waals surface area contributed by atoms with E-state index in [1.807, 2.05) is 48.3 Å². The number of likely N-dealkylation sites (N-methyl/N-ethyl adjacent to an activating group) is 1. The second kappa shape index (κ2) is 8.17. The van der Waals surface area contributed by atoms with Crippen LogP contribution in [-0.4, -0.2) is 31.5 Å². The van der Waals surface area contributed by atoms with E-state index in [1.54, 1.807) is 7.11 Å². The average Bonchev–Trinajstić information content (AvgIpc) is 2.90. The molecule has 1 aromatic carbocycles. The molecule has 0 spiro atoms. The Balaban J connectivity index is 1.80. The molecule has 0 fully saturated rings. The standard InChI is InChI=1S/C16H19ClN2O2S/c1-19(10-13-7-8-15(17)22-13)11-16(20)18-9-12-5-3-4-6-14(12)21-2/h3-8H,9-11H2,1-2H3,(H,18,20). The SMILES string of the molecule is COc1ccccc1CNC(=O)CN(C)Cc1ccc(Cl)s1. The fourth-order valence-electron chi connectivity index (χ4n) is 2.10. The molecule has 0 atom stereocenters. The number of nitrogens with one attached hydrogen (secondary N) is 1. The second-order valence-corrected chi connectivity index (χ2v) is 6.77. The molecule has 0 radical (unpaired) electrons. The van der Waals surface area contributed by atoms with E-state index >= 15 is 0 Å². The van der Waals surface area contributed by atoms with Crippen molar-refractivity contribution in [1.82, 2.24) is 10.2 Å². The Labute approximate surface area is 139 Å². The molecule has 118 valence electrons. The first-order chi connectivity index (χ1) is 10.6. The fraction of sp³-hybridized carbons (Fsp3) is 0.312. The maximum Gasteiger partial charge on any atom is 0.234 e. The van der Waals surface area contributed by atoms with E-state index in [0.717, 1.165) is 20.5 Å². The van der Waals surface area contributed by atoms with Crippen molar-refractivity contribution >= 4 is 28.8 Å². The first kappa shape index (κ1) is 16.8. The number of halogens is 1. The van der Waals surface area contributed by atoms with Gasteiger partial charge >= 0.3 is 0 Å². The predicted molar refractivity (Wildman–Crippen MR) is 90.5 cm³/mol. The van der Waals surface area contributed by atoms with Gasteiger partial charge in [0.15, 0.2) is 0 Å². The summed E-state index contributed by atoms with van der Waals surface area (Å²) < 4.78 is 6.03. The Morgan fingerprint density at radius 3 is 2.77 bits per heavy atom. The molecule has 1 amide bonds. The van der Waals surface area contributed by atoms with Crippen molar-refractivity contribution in [3.05, 3.63) is 51.2 Å². The van der Waals surface area contributed by atoms with Gasteiger partial charge in [-0.15, -0.1) is 11.3 Å². The summed E-state index contributed by atoms with van der Waals surface area (Å²) in [6.07, 6.45) is 0. The molecule has 1 N–H and O–H groups in total. The molecule has 22 heavy (non-hydrogen) atoms. The van der Waals surface area contributed by atoms with Crippen LogP contribution in [0, 0.1) is 0 Å². The van der Waals surface area contributed by atoms with Gasteiger partial charge in [-0.1, -0.05) is 29.8 Å². The lowest BCUT2D eigenvalue weighted by molar-refractivity contribution is -0.122. The Morgan fingerprint density at radius 1 is 1.32 bits per heavy atom. The van der Waals surface area contributed by atoms with E-state index in [-0.39, 0.29) is 5.91 Å². The maximum atomic E-state index is 12.0. The van der Waals surface area contributed by atoms with Gasteiger partial charge in [0.2, 0.25) is 5.91 Å². The van der Waals surface area contributed by atoms with Crippen LogP contribution in [0.15, 0.2) is 36.4 Å². The van der Waals surface area contributed by atoms with Gasteiger partial charge in [0.1, 0.15) is 5.75 Å². The van der Waals surface area contributed by atoms with E-state index < -0.39 is 0 Å². The van der Waals surface area contributed by atoms with Crippen LogP contribution < -0.4 is 10.1 Å². The van der Waals surface area contributed by atoms with Crippen molar-refractivity contribution in [2.24, 2.45) is 0 Å². The molecule has 1 heterocycles. The number of thiophene rings is 1. The molecule has 0 saturated carbocycles. The fourth-order valence-corrected chi connectivity index (χ4v) is 3.27. The monoisotopic (exact) mass is 338 g/mol. The minimum atomic E-state index is -0.0175. The molecule has 0 aliphatic carbocycles. The van der Waals surface area contributed by atoms with Crippen molar-refractivity contribution in [1.29, 1.82) is 0 Å². The van der Waals surface area contributed by atoms with Gasteiger partial charge < -0.3 is 10.1 Å². The number of methoxy groups -OCH3 is 1. The summed E-state index contributed by atoms with van der Waals surface area (Å²) in [5.41, 5.74) is 0.964. The van der Waals surface area contributed by atoms with Gasteiger partial charge in [0, 0.05) is 23.5 Å². The molecule has 0 bridgehead atoms. The Bertz CT molecular complexity index is 630. The lowest BCUT2D eigenvalue weighted by Gasteiger charge is -2.15. The van der Waals surface area contributed by atoms with Gasteiger partial charge in [-0.05, 0) is 25.2 Å². The summed E-state index contributed by atoms with van der Waals surface area (Å²) in [5.74, 6) is 0.764. The summed E-state index contributed by atoms with van der Waals surface area (Å²) >= 11 is 7.44. The van der Waals surface area contributed by atoms with Gasteiger partial charge in [-0.3, -0.25) is 9.69 Å². The van der Waals surface area contributed by atoms with E-state index in [0.29, 0.717) is 19.6 Å². The van der Waals surface area contributed by atoms with Crippen LogP contribution in [0.2, 0.25) is 4.34 Å². The van der Waals surface area contributed by atoms with Crippen LogP contribution in [0.3, 0.4) is 0 Å². The molecule has 2 aromatic rings. The van der Waals surface area contributed by atoms with Crippen molar-refractivity contribution in [3.8, 4) is 5.75 Å². The van der Waals surface area contributed by atoms with Gasteiger partial charge in [0.25, 0.3) is 0 Å². The molecule has 0 aliphatic rings. The van der Waals surface area contributed by atoms with Crippen LogP contribution in [0.5, 0.6) is 5.75 Å². The Kier molecular flexibility index (Phi) is 6.24. The molecule has 0 unspecified atom stereocenters. The first-order valence-electron chi connectivity index (χ1n) is 6.90. The minimum absolute atomic E-state index is 0.0175. The maximum absolute atomic E-state index is 12.0. The van der Waals surface area contributed by atoms with Gasteiger partial charge in [0.05, 0.1) is 18.0 Å². The number of benzene rings is 1. The topological polar surface area (TPSA) is 41.6 Å². The Hall–Kier alpha value is -1.56. The van der Waals surface area contributed by atoms with Crippen LogP contribution in [0.25, 0.3) is 0 Å². The van der Waals surface area contributed by atoms with Crippen molar-refractivity contribution in [2.75, 3.05) is 20.7 Å². The van der Waals surface area contributed by atoms with E-state index in [1.165, 1.54) is 11.3 Å². The largest absolute Gasteiger partial charge is 0.496 e. The van der Waals surface area contributed by atoms with Crippen molar-refractivity contribution in [2.45, 2.75) is 13.1 Å². The minimum Gasteiger partial charge on any atom is -0.496 e. The van der Waals surface area contributed by atoms with Crippen LogP contribution in [0.1, 0.15) is 10.4 Å². The molecular formula is C16H19ClN2O2S. The molecular weight excluding hydrogens is 320 g/mol. The first-order valence-corrected chi connectivity index (χ1v) is 8.09. The number of nitrogens with zero attached hydrogens (tertiary/aromatic N) is 1. The normalized spacial score (nSPS) is 10.7. The third-order valence-corrected chi connectivity index (χ3v) is 4.35. The summed E-state index contributed by atoms with van der Waals surface area (Å²) in [5, 5.41) is 2.91. The van der Waals surface area contributed by atoms with Crippen LogP contribution in [0.4, 0.5) is 0 Å². The average molecular weight is 339 g/mol. The quantitative estimate of drug-likeness (QED) is 0.843. The highest BCUT2D eigenvalue weighted by Gasteiger charge is 2.09. The highest BCUT2D eigenvalue weighted by atomic mass is 35.5. The smallest absolute Gasteiger partial charge is 0.234 e. The number of hydrogen-bond donors (Lipinski definition) is 1. The number of amides is 1. The zero-order valence-corrected chi connectivity index (χ0v) is 14.2. The van der Waals surface area contributed by atoms with E-state index in [2.05, 4.69) is 5.32 Å². The lowest BCUT2D eigenvalue weighted by Crippen LogP contribution is -2.34. The highest BCUT2D eigenvalue weighted by Crippen LogP contribution is 2.22. The summed E-state index contributed by atoms with van der Waals surface area (Å²) in [6, 6.07) is 11.5. The number of hydrogen-bond acceptors (Lipinski definition) is 4. The third kappa shape index (κ3) is 5.02. The van der Waals surface area contributed by atoms with Crippen molar-refractivity contribution in [3.63, 3.8) is 0 Å². The number of rotatable bonds is 7. The van der Waals surface area contributed by atoms with E-state index in [4.69, 9.17) is 16.3 Å². The Morgan fingerprint density at radius 2 is 2.09 bits per heavy atom. The second-order valence-electron chi connectivity index (χ2n) is 4.97. The zero-order valence-electron chi connectivity index (χ0n) is 12.6. The number of ether oxygens (including phenoxy) is 1. The molecule has 0 aliphatic heterocycles. The highest BCUT2D eigenvalue weighted by molar-refractivity contribution is 7.16. The predicted octanol–water partition coefficient (Wildman–Crippen LogP) is 3.16. The number of carbonyl (C=O) groups excluding carboxylic acids is 1. The summed E-state index contributed by atoms with van der Waals surface area (Å²) in [4.78, 5) is 15.1. The summed E-state index contributed by atoms with van der Waals surface area (Å²) in [7, 11) is 3.54. The number of para-hydroxylation sites is 1. The van der Waals surface area contributed by atoms with Crippen molar-refractivity contribution < 1.29 is 9.53 Å². The van der Waals surface area contributed by atoms with Crippen LogP contribution >= 0.6 is 22.9 Å². The van der Waals surface area contributed by atoms with Gasteiger partial charge in [-0.2, -0.15) is 0 Å². The van der Waals surface area contributed by atoms with Gasteiger partial charge in [-0.25, -0.2) is 0 Å². The summed E-state index contributed by atoms with van der Waals surface area (Å²) in [6.45, 7) is 1.51. The molecule has 4 nitrogen and oxygen atoms in total.